The Kier molecular flexibility index (Phi) is 1.14. The van der Waals surface area contributed by atoms with Gasteiger partial charge >= 0.3 is 0 Å². The summed E-state index contributed by atoms with van der Waals surface area (Å²) in [5.74, 6) is 0. The maximum absolute atomic E-state index is 4.04. The van der Waals surface area contributed by atoms with Gasteiger partial charge < -0.3 is 0 Å². The van der Waals surface area contributed by atoms with Gasteiger partial charge in [0.25, 0.3) is 0 Å². The van der Waals surface area contributed by atoms with Crippen molar-refractivity contribution in [2.75, 3.05) is 0 Å². The summed E-state index contributed by atoms with van der Waals surface area (Å²) in [6, 6.07) is 3.89. The molecule has 3 rings (SSSR count). The van der Waals surface area contributed by atoms with E-state index in [2.05, 4.69) is 21.5 Å². The normalized spacial score (nSPS) is 11.1. The van der Waals surface area contributed by atoms with Gasteiger partial charge in [-0.3, -0.25) is 9.38 Å². The molecule has 0 saturated heterocycles. The summed E-state index contributed by atoms with van der Waals surface area (Å²) in [6.45, 7) is 0. The van der Waals surface area contributed by atoms with Gasteiger partial charge in [0.05, 0.1) is 0 Å². The Labute approximate surface area is 73.9 Å². The van der Waals surface area contributed by atoms with E-state index in [-0.39, 0.29) is 0 Å². The lowest BCUT2D eigenvalue weighted by molar-refractivity contribution is 1.09. The van der Waals surface area contributed by atoms with E-state index >= 15 is 0 Å². The Balaban J connectivity index is 2.65. The molecule has 61 valence electrons. The first-order valence-corrected chi connectivity index (χ1v) is 3.90. The van der Waals surface area contributed by atoms with Crippen molar-refractivity contribution in [3.8, 4) is 0 Å². The van der Waals surface area contributed by atoms with Crippen molar-refractivity contribution in [3.63, 3.8) is 0 Å². The third-order valence-electron chi connectivity index (χ3n) is 2.02. The Hall–Kier alpha value is -1.97. The molecule has 4 heteroatoms. The van der Waals surface area contributed by atoms with Gasteiger partial charge in [-0.25, -0.2) is 0 Å². The summed E-state index contributed by atoms with van der Waals surface area (Å²) >= 11 is 0. The van der Waals surface area contributed by atoms with Crippen LogP contribution in [0.25, 0.3) is 16.4 Å². The van der Waals surface area contributed by atoms with E-state index in [1.54, 1.807) is 10.6 Å². The summed E-state index contributed by atoms with van der Waals surface area (Å²) in [5.41, 5.74) is 0.819. The number of fused-ring (bicyclic) bond motifs is 3. The summed E-state index contributed by atoms with van der Waals surface area (Å²) < 4.78 is 1.77. The lowest BCUT2D eigenvalue weighted by atomic mass is 10.2. The SMILES string of the molecule is [c]1nnc2c3ccncc3ccn12. The monoisotopic (exact) mass is 169 g/mol. The molecular formula is C9H5N4. The van der Waals surface area contributed by atoms with Gasteiger partial charge in [-0.05, 0) is 12.1 Å². The molecule has 0 bridgehead atoms. The molecule has 0 spiro atoms. The van der Waals surface area contributed by atoms with E-state index in [0.29, 0.717) is 0 Å². The Morgan fingerprint density at radius 2 is 2.31 bits per heavy atom. The van der Waals surface area contributed by atoms with E-state index in [0.717, 1.165) is 16.4 Å². The molecule has 3 aromatic rings. The van der Waals surface area contributed by atoms with Crippen LogP contribution in [-0.4, -0.2) is 19.6 Å². The maximum Gasteiger partial charge on any atom is 0.206 e. The van der Waals surface area contributed by atoms with Crippen LogP contribution in [0, 0.1) is 6.33 Å². The van der Waals surface area contributed by atoms with Gasteiger partial charge in [0.1, 0.15) is 0 Å². The maximum atomic E-state index is 4.04. The number of aromatic nitrogens is 4. The summed E-state index contributed by atoms with van der Waals surface area (Å²) in [4.78, 5) is 4.04. The van der Waals surface area contributed by atoms with E-state index in [1.165, 1.54) is 0 Å². The van der Waals surface area contributed by atoms with Crippen LogP contribution >= 0.6 is 0 Å². The van der Waals surface area contributed by atoms with Crippen LogP contribution in [0.15, 0.2) is 30.7 Å². The minimum absolute atomic E-state index is 0.819. The number of hydrogen-bond donors (Lipinski definition) is 0. The highest BCUT2D eigenvalue weighted by Crippen LogP contribution is 2.15. The van der Waals surface area contributed by atoms with E-state index in [9.17, 15) is 0 Å². The average molecular weight is 169 g/mol. The minimum atomic E-state index is 0.819. The lowest BCUT2D eigenvalue weighted by Crippen LogP contribution is -1.84. The molecule has 0 aromatic carbocycles. The van der Waals surface area contributed by atoms with Crippen LogP contribution in [0.5, 0.6) is 0 Å². The molecule has 0 saturated carbocycles. The van der Waals surface area contributed by atoms with Crippen molar-refractivity contribution in [1.82, 2.24) is 19.6 Å². The molecule has 0 aliphatic carbocycles. The summed E-state index contributed by atoms with van der Waals surface area (Å²) in [7, 11) is 0. The predicted molar refractivity (Wildman–Crippen MR) is 47.1 cm³/mol. The molecule has 0 unspecified atom stereocenters. The highest BCUT2D eigenvalue weighted by atomic mass is 15.2. The second-order valence-corrected chi connectivity index (χ2v) is 2.77. The zero-order valence-electron chi connectivity index (χ0n) is 6.68. The molecule has 3 aromatic heterocycles. The third kappa shape index (κ3) is 0.823. The van der Waals surface area contributed by atoms with E-state index in [1.807, 2.05) is 24.5 Å². The molecule has 0 aliphatic heterocycles. The summed E-state index contributed by atoms with van der Waals surface area (Å²) in [5, 5.41) is 9.81. The predicted octanol–water partition coefficient (Wildman–Crippen LogP) is 1.08. The van der Waals surface area contributed by atoms with Crippen LogP contribution in [-0.2, 0) is 0 Å². The number of hydrogen-bond acceptors (Lipinski definition) is 3. The molecule has 0 atom stereocenters. The van der Waals surface area contributed by atoms with Crippen molar-refractivity contribution < 1.29 is 0 Å². The quantitative estimate of drug-likeness (QED) is 0.505. The Morgan fingerprint density at radius 3 is 3.31 bits per heavy atom. The highest BCUT2D eigenvalue weighted by molar-refractivity contribution is 5.92. The van der Waals surface area contributed by atoms with Gasteiger partial charge in [0.2, 0.25) is 6.33 Å². The zero-order valence-corrected chi connectivity index (χ0v) is 6.68. The van der Waals surface area contributed by atoms with Crippen molar-refractivity contribution in [1.29, 1.82) is 0 Å². The zero-order chi connectivity index (χ0) is 8.67. The van der Waals surface area contributed by atoms with Crippen LogP contribution in [0.3, 0.4) is 0 Å². The molecule has 0 N–H and O–H groups in total. The van der Waals surface area contributed by atoms with Crippen LogP contribution < -0.4 is 0 Å². The first kappa shape index (κ1) is 6.54. The molecular weight excluding hydrogens is 164 g/mol. The van der Waals surface area contributed by atoms with Gasteiger partial charge in [-0.1, -0.05) is 0 Å². The number of rotatable bonds is 0. The second-order valence-electron chi connectivity index (χ2n) is 2.77. The molecule has 3 heterocycles. The Morgan fingerprint density at radius 1 is 1.31 bits per heavy atom. The largest absolute Gasteiger partial charge is 0.279 e. The lowest BCUT2D eigenvalue weighted by Gasteiger charge is -1.96. The van der Waals surface area contributed by atoms with Crippen molar-refractivity contribution in [2.24, 2.45) is 0 Å². The topological polar surface area (TPSA) is 43.1 Å². The van der Waals surface area contributed by atoms with Crippen LogP contribution in [0.4, 0.5) is 0 Å². The fourth-order valence-corrected chi connectivity index (χ4v) is 1.40. The first-order chi connectivity index (χ1) is 6.45. The van der Waals surface area contributed by atoms with Gasteiger partial charge in [-0.15, -0.1) is 10.2 Å². The van der Waals surface area contributed by atoms with Gasteiger partial charge in [-0.2, -0.15) is 0 Å². The molecule has 1 radical (unpaired) electrons. The summed E-state index contributed by atoms with van der Waals surface area (Å²) in [6.07, 6.45) is 8.18. The van der Waals surface area contributed by atoms with Gasteiger partial charge in [0, 0.05) is 29.4 Å². The standard InChI is InChI=1S/C9H5N4/c1-3-10-5-7-2-4-13-6-11-12-9(13)8(1)7/h1-5H. The first-order valence-electron chi connectivity index (χ1n) is 3.90. The smallest absolute Gasteiger partial charge is 0.206 e. The number of nitrogens with zero attached hydrogens (tertiary/aromatic N) is 4. The molecule has 13 heavy (non-hydrogen) atoms. The highest BCUT2D eigenvalue weighted by Gasteiger charge is 2.00. The van der Waals surface area contributed by atoms with Crippen molar-refractivity contribution in [2.45, 2.75) is 0 Å². The van der Waals surface area contributed by atoms with Crippen LogP contribution in [0.2, 0.25) is 0 Å². The van der Waals surface area contributed by atoms with Crippen molar-refractivity contribution >= 4 is 16.4 Å². The van der Waals surface area contributed by atoms with Gasteiger partial charge in [0.15, 0.2) is 5.65 Å². The molecule has 4 nitrogen and oxygen atoms in total. The fourth-order valence-electron chi connectivity index (χ4n) is 1.40. The fraction of sp³-hybridized carbons (Fsp3) is 0. The molecule has 0 fully saturated rings. The molecule has 0 aliphatic rings. The van der Waals surface area contributed by atoms with Crippen molar-refractivity contribution in [3.05, 3.63) is 37.1 Å². The number of pyridine rings is 2. The average Bonchev–Trinajstić information content (AvgIpc) is 2.65. The second kappa shape index (κ2) is 2.26. The Bertz CT molecular complexity index is 570. The molecule has 0 amide bonds. The van der Waals surface area contributed by atoms with Crippen LogP contribution in [0.1, 0.15) is 0 Å². The third-order valence-corrected chi connectivity index (χ3v) is 2.02. The minimum Gasteiger partial charge on any atom is -0.279 e. The van der Waals surface area contributed by atoms with E-state index < -0.39 is 0 Å². The van der Waals surface area contributed by atoms with E-state index in [4.69, 9.17) is 0 Å².